The van der Waals surface area contributed by atoms with Gasteiger partial charge in [0.05, 0.1) is 0 Å². The molecule has 2 rings (SSSR count). The second kappa shape index (κ2) is 4.48. The van der Waals surface area contributed by atoms with E-state index in [9.17, 15) is 9.90 Å². The fraction of sp³-hybridized carbons (Fsp3) is 0.923. The van der Waals surface area contributed by atoms with E-state index in [4.69, 9.17) is 4.74 Å². The summed E-state index contributed by atoms with van der Waals surface area (Å²) in [6.07, 6.45) is 3.16. The third-order valence-electron chi connectivity index (χ3n) is 3.98. The number of aliphatic hydroxyl groups excluding tert-OH is 1. The largest absolute Gasteiger partial charge is 0.444 e. The third kappa shape index (κ3) is 2.73. The van der Waals surface area contributed by atoms with E-state index in [1.807, 2.05) is 20.8 Å². The van der Waals surface area contributed by atoms with Gasteiger partial charge in [-0.05, 0) is 51.9 Å². The number of ether oxygens (including phenoxy) is 1. The van der Waals surface area contributed by atoms with Crippen LogP contribution in [0, 0.1) is 17.8 Å². The first-order valence-corrected chi connectivity index (χ1v) is 6.51. The number of hydrogen-bond donors (Lipinski definition) is 2. The summed E-state index contributed by atoms with van der Waals surface area (Å²) in [6.45, 7) is 5.74. The summed E-state index contributed by atoms with van der Waals surface area (Å²) in [5.74, 6) is 1.34. The Morgan fingerprint density at radius 3 is 2.59 bits per heavy atom. The van der Waals surface area contributed by atoms with Crippen LogP contribution in [-0.2, 0) is 4.74 Å². The Morgan fingerprint density at radius 1 is 1.35 bits per heavy atom. The third-order valence-corrected chi connectivity index (χ3v) is 3.98. The zero-order valence-corrected chi connectivity index (χ0v) is 10.9. The van der Waals surface area contributed by atoms with E-state index in [2.05, 4.69) is 5.32 Å². The Morgan fingerprint density at radius 2 is 2.00 bits per heavy atom. The van der Waals surface area contributed by atoms with Crippen molar-refractivity contribution in [1.29, 1.82) is 0 Å². The lowest BCUT2D eigenvalue weighted by molar-refractivity contribution is 0.0437. The molecule has 2 aliphatic rings. The van der Waals surface area contributed by atoms with E-state index in [-0.39, 0.29) is 24.7 Å². The van der Waals surface area contributed by atoms with Gasteiger partial charge in [-0.25, -0.2) is 4.79 Å². The first-order chi connectivity index (χ1) is 7.90. The number of amides is 1. The fourth-order valence-electron chi connectivity index (χ4n) is 3.34. The zero-order chi connectivity index (χ0) is 12.6. The van der Waals surface area contributed by atoms with E-state index < -0.39 is 5.60 Å². The summed E-state index contributed by atoms with van der Waals surface area (Å²) < 4.78 is 5.27. The Bertz CT molecular complexity index is 298. The van der Waals surface area contributed by atoms with Crippen LogP contribution in [0.1, 0.15) is 40.0 Å². The van der Waals surface area contributed by atoms with Crippen LogP contribution < -0.4 is 5.32 Å². The highest BCUT2D eigenvalue weighted by atomic mass is 16.6. The molecule has 0 aromatic carbocycles. The number of rotatable bonds is 2. The lowest BCUT2D eigenvalue weighted by Crippen LogP contribution is -2.47. The van der Waals surface area contributed by atoms with E-state index in [0.29, 0.717) is 11.8 Å². The maximum Gasteiger partial charge on any atom is 0.407 e. The second-order valence-corrected chi connectivity index (χ2v) is 6.35. The van der Waals surface area contributed by atoms with Gasteiger partial charge in [-0.3, -0.25) is 0 Å². The van der Waals surface area contributed by atoms with Crippen molar-refractivity contribution in [2.75, 3.05) is 6.61 Å². The molecule has 0 spiro atoms. The Hall–Kier alpha value is -0.770. The topological polar surface area (TPSA) is 58.6 Å². The van der Waals surface area contributed by atoms with E-state index in [0.717, 1.165) is 6.42 Å². The van der Waals surface area contributed by atoms with Crippen LogP contribution in [0.5, 0.6) is 0 Å². The molecular weight excluding hydrogens is 218 g/mol. The number of nitrogens with one attached hydrogen (secondary N) is 1. The minimum absolute atomic E-state index is 0.105. The number of alkyl carbamates (subject to hydrolysis) is 1. The van der Waals surface area contributed by atoms with Gasteiger partial charge in [0.15, 0.2) is 0 Å². The molecule has 0 radical (unpaired) electrons. The smallest absolute Gasteiger partial charge is 0.407 e. The van der Waals surface area contributed by atoms with Crippen molar-refractivity contribution in [1.82, 2.24) is 5.32 Å². The minimum Gasteiger partial charge on any atom is -0.444 e. The van der Waals surface area contributed by atoms with Crippen LogP contribution in [0.2, 0.25) is 0 Å². The zero-order valence-electron chi connectivity index (χ0n) is 10.9. The van der Waals surface area contributed by atoms with Gasteiger partial charge in [0.2, 0.25) is 0 Å². The summed E-state index contributed by atoms with van der Waals surface area (Å²) in [4.78, 5) is 11.7. The molecule has 2 fully saturated rings. The van der Waals surface area contributed by atoms with Crippen molar-refractivity contribution in [3.8, 4) is 0 Å². The molecule has 2 saturated carbocycles. The molecule has 0 unspecified atom stereocenters. The molecule has 2 N–H and O–H groups in total. The van der Waals surface area contributed by atoms with E-state index >= 15 is 0 Å². The standard InChI is InChI=1S/C13H23NO3/c1-13(2,3)17-12(16)14-11-9-5-4-8(6-9)10(11)7-15/h8-11,15H,4-7H2,1-3H3,(H,14,16)/t8-,9+,10-,11-/m0/s1. The molecule has 4 atom stereocenters. The first-order valence-electron chi connectivity index (χ1n) is 6.51. The normalized spacial score (nSPS) is 36.0. The molecule has 98 valence electrons. The van der Waals surface area contributed by atoms with E-state index in [1.165, 1.54) is 12.8 Å². The molecule has 1 amide bonds. The van der Waals surface area contributed by atoms with Crippen LogP contribution in [-0.4, -0.2) is 29.4 Å². The van der Waals surface area contributed by atoms with Crippen molar-refractivity contribution in [3.05, 3.63) is 0 Å². The van der Waals surface area contributed by atoms with Crippen LogP contribution in [0.3, 0.4) is 0 Å². The molecule has 0 aromatic heterocycles. The summed E-state index contributed by atoms with van der Waals surface area (Å²) in [6, 6.07) is 0.105. The highest BCUT2D eigenvalue weighted by molar-refractivity contribution is 5.68. The van der Waals surface area contributed by atoms with Crippen molar-refractivity contribution in [2.45, 2.75) is 51.7 Å². The van der Waals surface area contributed by atoms with Crippen molar-refractivity contribution >= 4 is 6.09 Å². The number of carbonyl (C=O) groups is 1. The summed E-state index contributed by atoms with van der Waals surface area (Å²) in [5.41, 5.74) is -0.462. The molecule has 0 saturated heterocycles. The highest BCUT2D eigenvalue weighted by Gasteiger charge is 2.48. The second-order valence-electron chi connectivity index (χ2n) is 6.35. The average molecular weight is 241 g/mol. The van der Waals surface area contributed by atoms with Crippen LogP contribution in [0.25, 0.3) is 0 Å². The predicted molar refractivity (Wildman–Crippen MR) is 64.6 cm³/mol. The van der Waals surface area contributed by atoms with Crippen LogP contribution in [0.4, 0.5) is 4.79 Å². The molecule has 4 nitrogen and oxygen atoms in total. The SMILES string of the molecule is CC(C)(C)OC(=O)N[C@H]1[C@@H]2CC[C@@H](C2)[C@@H]1CO. The molecule has 4 heteroatoms. The highest BCUT2D eigenvalue weighted by Crippen LogP contribution is 2.48. The number of fused-ring (bicyclic) bond motifs is 2. The number of aliphatic hydroxyl groups is 1. The summed E-state index contributed by atoms with van der Waals surface area (Å²) in [7, 11) is 0. The lowest BCUT2D eigenvalue weighted by Gasteiger charge is -2.31. The maximum atomic E-state index is 11.7. The van der Waals surface area contributed by atoms with Gasteiger partial charge in [0.1, 0.15) is 5.60 Å². The van der Waals surface area contributed by atoms with Gasteiger partial charge in [0, 0.05) is 18.6 Å². The molecule has 2 aliphatic carbocycles. The molecule has 0 aliphatic heterocycles. The van der Waals surface area contributed by atoms with Crippen molar-refractivity contribution in [2.24, 2.45) is 17.8 Å². The Labute approximate surface area is 103 Å². The average Bonchev–Trinajstić information content (AvgIpc) is 2.74. The van der Waals surface area contributed by atoms with Gasteiger partial charge >= 0.3 is 6.09 Å². The van der Waals surface area contributed by atoms with Crippen molar-refractivity contribution in [3.63, 3.8) is 0 Å². The minimum atomic E-state index is -0.462. The molecule has 2 bridgehead atoms. The fourth-order valence-corrected chi connectivity index (χ4v) is 3.34. The van der Waals surface area contributed by atoms with Gasteiger partial charge in [0.25, 0.3) is 0 Å². The van der Waals surface area contributed by atoms with Gasteiger partial charge in [-0.2, -0.15) is 0 Å². The molecule has 0 aromatic rings. The molecular formula is C13H23NO3. The lowest BCUT2D eigenvalue weighted by atomic mass is 9.85. The number of carbonyl (C=O) groups excluding carboxylic acids is 1. The van der Waals surface area contributed by atoms with E-state index in [1.54, 1.807) is 0 Å². The summed E-state index contributed by atoms with van der Waals surface area (Å²) >= 11 is 0. The molecule has 17 heavy (non-hydrogen) atoms. The Kier molecular flexibility index (Phi) is 3.34. The monoisotopic (exact) mass is 241 g/mol. The molecule has 0 heterocycles. The Balaban J connectivity index is 1.92. The van der Waals surface area contributed by atoms with Gasteiger partial charge in [-0.1, -0.05) is 0 Å². The van der Waals surface area contributed by atoms with Gasteiger partial charge in [-0.15, -0.1) is 0 Å². The van der Waals surface area contributed by atoms with Crippen molar-refractivity contribution < 1.29 is 14.6 Å². The van der Waals surface area contributed by atoms with Crippen LogP contribution in [0.15, 0.2) is 0 Å². The predicted octanol–water partition coefficient (Wildman–Crippen LogP) is 1.92. The summed E-state index contributed by atoms with van der Waals surface area (Å²) in [5, 5.41) is 12.4. The quantitative estimate of drug-likeness (QED) is 0.776. The van der Waals surface area contributed by atoms with Crippen LogP contribution >= 0.6 is 0 Å². The first kappa shape index (κ1) is 12.7. The number of hydrogen-bond acceptors (Lipinski definition) is 3. The van der Waals surface area contributed by atoms with Gasteiger partial charge < -0.3 is 15.2 Å². The maximum absolute atomic E-state index is 11.7.